The van der Waals surface area contributed by atoms with E-state index in [-0.39, 0.29) is 30.0 Å². The van der Waals surface area contributed by atoms with Gasteiger partial charge in [-0.25, -0.2) is 9.98 Å². The molecule has 3 aromatic carbocycles. The van der Waals surface area contributed by atoms with Gasteiger partial charge in [0.15, 0.2) is 11.9 Å². The quantitative estimate of drug-likeness (QED) is 0.282. The second-order valence-corrected chi connectivity index (χ2v) is 7.27. The molecule has 0 saturated heterocycles. The van der Waals surface area contributed by atoms with Gasteiger partial charge in [-0.2, -0.15) is 13.2 Å². The third-order valence-corrected chi connectivity index (χ3v) is 4.64. The monoisotopic (exact) mass is 496 g/mol. The highest BCUT2D eigenvalue weighted by molar-refractivity contribution is 6.31. The molecule has 0 heterocycles. The second-order valence-electron chi connectivity index (χ2n) is 6.86. The fraction of sp³-hybridized carbons (Fsp3) is 0.0909. The minimum Gasteiger partial charge on any atom is -0.370 e. The summed E-state index contributed by atoms with van der Waals surface area (Å²) >= 11 is 5.62. The molecule has 0 aliphatic rings. The van der Waals surface area contributed by atoms with E-state index >= 15 is 0 Å². The minimum absolute atomic E-state index is 0. The lowest BCUT2D eigenvalue weighted by Crippen LogP contribution is -2.22. The molecule has 0 amide bonds. The first-order valence-corrected chi connectivity index (χ1v) is 9.73. The Balaban J connectivity index is 0.00000385. The third-order valence-electron chi connectivity index (χ3n) is 4.31. The number of nitrogens with zero attached hydrogens (tertiary/aromatic N) is 2. The highest BCUT2D eigenvalue weighted by Crippen LogP contribution is 2.36. The van der Waals surface area contributed by atoms with Crippen LogP contribution < -0.4 is 22.5 Å². The molecule has 3 aromatic rings. The Morgan fingerprint density at radius 2 is 1.55 bits per heavy atom. The van der Waals surface area contributed by atoms with Gasteiger partial charge in [0.1, 0.15) is 0 Å². The van der Waals surface area contributed by atoms with Crippen LogP contribution >= 0.6 is 24.0 Å². The number of nitrogens with two attached hydrogens (primary N) is 3. The van der Waals surface area contributed by atoms with Gasteiger partial charge >= 0.3 is 6.18 Å². The Morgan fingerprint density at radius 1 is 0.848 bits per heavy atom. The van der Waals surface area contributed by atoms with Crippen LogP contribution in [0.4, 0.5) is 30.2 Å². The zero-order valence-electron chi connectivity index (χ0n) is 17.1. The van der Waals surface area contributed by atoms with Gasteiger partial charge in [0.05, 0.1) is 22.0 Å². The normalized spacial score (nSPS) is 11.5. The molecule has 0 unspecified atom stereocenters. The van der Waals surface area contributed by atoms with E-state index < -0.39 is 16.8 Å². The summed E-state index contributed by atoms with van der Waals surface area (Å²) in [4.78, 5) is 8.22. The molecule has 0 spiro atoms. The average Bonchev–Trinajstić information content (AvgIpc) is 2.70. The number of halogens is 5. The molecule has 0 radical (unpaired) electrons. The van der Waals surface area contributed by atoms with Crippen LogP contribution in [0.1, 0.15) is 16.7 Å². The van der Waals surface area contributed by atoms with Gasteiger partial charge in [0.2, 0.25) is 0 Å². The zero-order valence-corrected chi connectivity index (χ0v) is 18.7. The Morgan fingerprint density at radius 3 is 2.18 bits per heavy atom. The van der Waals surface area contributed by atoms with Crippen molar-refractivity contribution in [2.75, 3.05) is 5.32 Å². The van der Waals surface area contributed by atoms with Crippen LogP contribution in [0.25, 0.3) is 0 Å². The summed E-state index contributed by atoms with van der Waals surface area (Å²) in [7, 11) is 0. The lowest BCUT2D eigenvalue weighted by molar-refractivity contribution is -0.137. The minimum atomic E-state index is -4.57. The average molecular weight is 497 g/mol. The second kappa shape index (κ2) is 10.9. The Labute approximate surface area is 199 Å². The number of anilines is 1. The number of hydrogen-bond donors (Lipinski definition) is 4. The van der Waals surface area contributed by atoms with E-state index in [9.17, 15) is 13.2 Å². The van der Waals surface area contributed by atoms with Crippen molar-refractivity contribution in [1.82, 2.24) is 0 Å². The maximum absolute atomic E-state index is 13.0. The molecule has 0 fully saturated rings. The maximum atomic E-state index is 13.0. The van der Waals surface area contributed by atoms with E-state index in [0.717, 1.165) is 23.3 Å². The summed E-state index contributed by atoms with van der Waals surface area (Å²) in [6.45, 7) is 0. The first kappa shape index (κ1) is 25.8. The molecule has 0 aromatic heterocycles. The van der Waals surface area contributed by atoms with Crippen LogP contribution in [0.15, 0.2) is 76.7 Å². The summed E-state index contributed by atoms with van der Waals surface area (Å²) in [6, 6.07) is 18.2. The largest absolute Gasteiger partial charge is 0.417 e. The van der Waals surface area contributed by atoms with E-state index in [1.807, 2.05) is 30.3 Å². The Hall–Kier alpha value is -3.43. The van der Waals surface area contributed by atoms with Crippen LogP contribution in [0, 0.1) is 0 Å². The van der Waals surface area contributed by atoms with Crippen LogP contribution in [-0.4, -0.2) is 11.9 Å². The van der Waals surface area contributed by atoms with Crippen molar-refractivity contribution >= 4 is 53.0 Å². The van der Waals surface area contributed by atoms with E-state index in [2.05, 4.69) is 15.3 Å². The molecule has 0 atom stereocenters. The molecule has 0 aliphatic carbocycles. The zero-order chi connectivity index (χ0) is 23.3. The molecular formula is C22H21Cl2F3N6. The van der Waals surface area contributed by atoms with Gasteiger partial charge in [-0.15, -0.1) is 12.4 Å². The Kier molecular flexibility index (Phi) is 8.56. The van der Waals surface area contributed by atoms with Gasteiger partial charge in [0.25, 0.3) is 0 Å². The molecule has 6 nitrogen and oxygen atoms in total. The fourth-order valence-corrected chi connectivity index (χ4v) is 3.17. The highest BCUT2D eigenvalue weighted by Gasteiger charge is 2.33. The van der Waals surface area contributed by atoms with Crippen molar-refractivity contribution in [2.24, 2.45) is 27.2 Å². The van der Waals surface area contributed by atoms with Crippen molar-refractivity contribution in [1.29, 1.82) is 0 Å². The van der Waals surface area contributed by atoms with Crippen LogP contribution in [-0.2, 0) is 12.6 Å². The first-order chi connectivity index (χ1) is 15.1. The summed E-state index contributed by atoms with van der Waals surface area (Å²) in [5, 5.41) is 2.25. The van der Waals surface area contributed by atoms with Crippen molar-refractivity contribution in [3.63, 3.8) is 0 Å². The smallest absolute Gasteiger partial charge is 0.370 e. The van der Waals surface area contributed by atoms with Gasteiger partial charge in [-0.3, -0.25) is 0 Å². The Bertz CT molecular complexity index is 1160. The summed E-state index contributed by atoms with van der Waals surface area (Å²) in [5.41, 5.74) is 19.1. The van der Waals surface area contributed by atoms with Crippen LogP contribution in [0.2, 0.25) is 5.02 Å². The topological polar surface area (TPSA) is 115 Å². The maximum Gasteiger partial charge on any atom is 0.417 e. The number of aliphatic imine (C=N–C) groups is 2. The molecule has 3 rings (SSSR count). The van der Waals surface area contributed by atoms with Crippen molar-refractivity contribution in [3.05, 3.63) is 88.4 Å². The van der Waals surface area contributed by atoms with E-state index in [1.165, 1.54) is 6.07 Å². The highest BCUT2D eigenvalue weighted by atomic mass is 35.5. The van der Waals surface area contributed by atoms with Gasteiger partial charge in [-0.05, 0) is 60.0 Å². The molecule has 0 saturated carbocycles. The molecule has 174 valence electrons. The van der Waals surface area contributed by atoms with Crippen molar-refractivity contribution < 1.29 is 13.2 Å². The number of alkyl halides is 3. The molecule has 0 aliphatic heterocycles. The fourth-order valence-electron chi connectivity index (χ4n) is 2.94. The predicted octanol–water partition coefficient (Wildman–Crippen LogP) is 5.33. The molecule has 33 heavy (non-hydrogen) atoms. The number of guanidine groups is 2. The molecule has 0 bridgehead atoms. The van der Waals surface area contributed by atoms with Gasteiger partial charge in [0, 0.05) is 5.69 Å². The van der Waals surface area contributed by atoms with E-state index in [4.69, 9.17) is 28.8 Å². The van der Waals surface area contributed by atoms with Crippen molar-refractivity contribution in [2.45, 2.75) is 12.6 Å². The number of rotatable bonds is 5. The summed E-state index contributed by atoms with van der Waals surface area (Å²) in [5.74, 6) is -0.0677. The predicted molar refractivity (Wildman–Crippen MR) is 130 cm³/mol. The molecular weight excluding hydrogens is 476 g/mol. The van der Waals surface area contributed by atoms with Gasteiger partial charge in [-0.1, -0.05) is 35.9 Å². The molecule has 7 N–H and O–H groups in total. The summed E-state index contributed by atoms with van der Waals surface area (Å²) in [6.07, 6.45) is -3.92. The standard InChI is InChI=1S/C22H20ClF3N6.ClH/c23-19-9-8-17(12-18(19)22(24,25)26)32-21(29)31-15-6-4-13(5-7-15)10-14-2-1-3-16(11-14)30-20(27)28;/h1-9,11-12H,10H2,(H4,27,28,30)(H3,29,31,32);1H. The number of benzene rings is 3. The van der Waals surface area contributed by atoms with Crippen LogP contribution in [0.3, 0.4) is 0 Å². The molecule has 11 heteroatoms. The van der Waals surface area contributed by atoms with E-state index in [1.54, 1.807) is 18.2 Å². The van der Waals surface area contributed by atoms with Crippen molar-refractivity contribution in [3.8, 4) is 0 Å². The number of hydrogen-bond acceptors (Lipinski definition) is 2. The lowest BCUT2D eigenvalue weighted by atomic mass is 10.0. The van der Waals surface area contributed by atoms with Crippen LogP contribution in [0.5, 0.6) is 0 Å². The SMILES string of the molecule is Cl.NC(N)=Nc1cccc(Cc2ccc(N=C(N)Nc3ccc(Cl)c(C(F)(F)F)c3)cc2)c1. The van der Waals surface area contributed by atoms with E-state index in [0.29, 0.717) is 17.8 Å². The van der Waals surface area contributed by atoms with Gasteiger partial charge < -0.3 is 22.5 Å². The third kappa shape index (κ3) is 7.58. The first-order valence-electron chi connectivity index (χ1n) is 9.35. The lowest BCUT2D eigenvalue weighted by Gasteiger charge is -2.12. The number of nitrogens with one attached hydrogen (secondary N) is 1. The summed E-state index contributed by atoms with van der Waals surface area (Å²) < 4.78 is 39.0.